The third-order valence-electron chi connectivity index (χ3n) is 3.23. The first-order valence-electron chi connectivity index (χ1n) is 6.46. The summed E-state index contributed by atoms with van der Waals surface area (Å²) in [6.45, 7) is 3.55. The van der Waals surface area contributed by atoms with Crippen LogP contribution in [-0.2, 0) is 0 Å². The van der Waals surface area contributed by atoms with Crippen LogP contribution in [0.1, 0.15) is 22.6 Å². The average molecular weight is 289 g/mol. The van der Waals surface area contributed by atoms with E-state index in [2.05, 4.69) is 25.2 Å². The van der Waals surface area contributed by atoms with Crippen molar-refractivity contribution in [3.63, 3.8) is 0 Å². The second-order valence-electron chi connectivity index (χ2n) is 4.76. The molecule has 1 atom stereocenters. The van der Waals surface area contributed by atoms with Gasteiger partial charge in [-0.05, 0) is 13.3 Å². The molecule has 0 spiro atoms. The van der Waals surface area contributed by atoms with Crippen LogP contribution >= 0.6 is 11.3 Å². The van der Waals surface area contributed by atoms with Gasteiger partial charge in [-0.25, -0.2) is 9.97 Å². The number of rotatable bonds is 3. The predicted octanol–water partition coefficient (Wildman–Crippen LogP) is 1.25. The van der Waals surface area contributed by atoms with Crippen molar-refractivity contribution in [2.24, 2.45) is 0 Å². The van der Waals surface area contributed by atoms with Gasteiger partial charge in [-0.1, -0.05) is 0 Å². The lowest BCUT2D eigenvalue weighted by Gasteiger charge is -2.15. The Labute approximate surface area is 120 Å². The van der Waals surface area contributed by atoms with E-state index >= 15 is 0 Å². The molecule has 6 nitrogen and oxygen atoms in total. The van der Waals surface area contributed by atoms with E-state index < -0.39 is 0 Å². The molecule has 2 aromatic heterocycles. The van der Waals surface area contributed by atoms with E-state index in [1.807, 2.05) is 12.3 Å². The number of anilines is 1. The number of nitrogens with one attached hydrogen (secondary N) is 1. The fraction of sp³-hybridized carbons (Fsp3) is 0.385. The minimum atomic E-state index is -0.163. The highest BCUT2D eigenvalue weighted by molar-refractivity contribution is 7.13. The lowest BCUT2D eigenvalue weighted by Crippen LogP contribution is -2.37. The van der Waals surface area contributed by atoms with Crippen LogP contribution in [0.15, 0.2) is 24.0 Å². The summed E-state index contributed by atoms with van der Waals surface area (Å²) < 4.78 is 0. The fourth-order valence-corrected chi connectivity index (χ4v) is 2.87. The van der Waals surface area contributed by atoms with Crippen molar-refractivity contribution in [3.05, 3.63) is 35.4 Å². The van der Waals surface area contributed by atoms with Gasteiger partial charge in [0, 0.05) is 36.9 Å². The Kier molecular flexibility index (Phi) is 3.60. The van der Waals surface area contributed by atoms with Crippen molar-refractivity contribution < 1.29 is 4.79 Å². The summed E-state index contributed by atoms with van der Waals surface area (Å²) in [7, 11) is 0. The third-order valence-corrected chi connectivity index (χ3v) is 4.06. The zero-order valence-electron chi connectivity index (χ0n) is 11.1. The van der Waals surface area contributed by atoms with Gasteiger partial charge in [-0.15, -0.1) is 11.3 Å². The first-order valence-corrected chi connectivity index (χ1v) is 7.34. The third kappa shape index (κ3) is 2.77. The van der Waals surface area contributed by atoms with Gasteiger partial charge in [0.25, 0.3) is 5.91 Å². The molecule has 1 amide bonds. The molecule has 1 N–H and O–H groups in total. The second-order valence-corrected chi connectivity index (χ2v) is 5.64. The monoisotopic (exact) mass is 289 g/mol. The predicted molar refractivity (Wildman–Crippen MR) is 77.0 cm³/mol. The molecular formula is C13H15N5OS. The summed E-state index contributed by atoms with van der Waals surface area (Å²) in [5, 5.41) is 5.97. The summed E-state index contributed by atoms with van der Waals surface area (Å²) in [6.07, 6.45) is 5.84. The highest BCUT2D eigenvalue weighted by atomic mass is 32.1. The molecule has 0 aromatic carbocycles. The molecule has 1 fully saturated rings. The van der Waals surface area contributed by atoms with E-state index in [0.29, 0.717) is 5.69 Å². The largest absolute Gasteiger partial charge is 0.346 e. The summed E-state index contributed by atoms with van der Waals surface area (Å²) in [5.41, 5.74) is 1.17. The lowest BCUT2D eigenvalue weighted by molar-refractivity contribution is 0.0935. The number of amides is 1. The van der Waals surface area contributed by atoms with E-state index in [4.69, 9.17) is 0 Å². The van der Waals surface area contributed by atoms with Crippen molar-refractivity contribution >= 4 is 22.4 Å². The number of hydrogen-bond donors (Lipinski definition) is 1. The van der Waals surface area contributed by atoms with Crippen molar-refractivity contribution in [1.82, 2.24) is 20.3 Å². The van der Waals surface area contributed by atoms with E-state index in [-0.39, 0.29) is 11.9 Å². The number of carbonyl (C=O) groups is 1. The van der Waals surface area contributed by atoms with Crippen molar-refractivity contribution in [3.8, 4) is 0 Å². The maximum Gasteiger partial charge on any atom is 0.271 e. The Morgan fingerprint density at radius 2 is 2.30 bits per heavy atom. The molecule has 1 aliphatic rings. The van der Waals surface area contributed by atoms with Crippen LogP contribution in [0.3, 0.4) is 0 Å². The molecule has 1 aliphatic heterocycles. The van der Waals surface area contributed by atoms with E-state index in [9.17, 15) is 4.79 Å². The summed E-state index contributed by atoms with van der Waals surface area (Å²) in [5.74, 6) is -0.163. The molecule has 0 saturated carbocycles. The van der Waals surface area contributed by atoms with Crippen molar-refractivity contribution in [2.75, 3.05) is 18.0 Å². The minimum Gasteiger partial charge on any atom is -0.346 e. The van der Waals surface area contributed by atoms with Crippen molar-refractivity contribution in [2.45, 2.75) is 19.4 Å². The summed E-state index contributed by atoms with van der Waals surface area (Å²) in [4.78, 5) is 26.7. The maximum atomic E-state index is 12.1. The highest BCUT2D eigenvalue weighted by Gasteiger charge is 2.25. The van der Waals surface area contributed by atoms with Crippen LogP contribution in [0.25, 0.3) is 0 Å². The second kappa shape index (κ2) is 5.54. The number of aromatic nitrogens is 3. The van der Waals surface area contributed by atoms with Gasteiger partial charge in [0.2, 0.25) is 0 Å². The van der Waals surface area contributed by atoms with E-state index in [1.165, 1.54) is 6.20 Å². The SMILES string of the molecule is Cc1cnc(C(=O)NC2CCN(c3nccs3)C2)cn1. The molecule has 7 heteroatoms. The molecule has 1 saturated heterocycles. The van der Waals surface area contributed by atoms with E-state index in [1.54, 1.807) is 23.7 Å². The topological polar surface area (TPSA) is 71.0 Å². The van der Waals surface area contributed by atoms with Gasteiger partial charge < -0.3 is 10.2 Å². The number of thiazole rings is 1. The van der Waals surface area contributed by atoms with Gasteiger partial charge in [-0.3, -0.25) is 9.78 Å². The van der Waals surface area contributed by atoms with Gasteiger partial charge in [-0.2, -0.15) is 0 Å². The molecule has 0 radical (unpaired) electrons. The summed E-state index contributed by atoms with van der Waals surface area (Å²) in [6, 6.07) is 0.134. The Hall–Kier alpha value is -2.02. The number of hydrogen-bond acceptors (Lipinski definition) is 6. The first kappa shape index (κ1) is 13.0. The van der Waals surface area contributed by atoms with Crippen molar-refractivity contribution in [1.29, 1.82) is 0 Å². The van der Waals surface area contributed by atoms with Crippen LogP contribution in [0.4, 0.5) is 5.13 Å². The van der Waals surface area contributed by atoms with Crippen LogP contribution in [0.5, 0.6) is 0 Å². The maximum absolute atomic E-state index is 12.1. The molecular weight excluding hydrogens is 274 g/mol. The molecule has 0 aliphatic carbocycles. The van der Waals surface area contributed by atoms with Gasteiger partial charge in [0.1, 0.15) is 5.69 Å². The van der Waals surface area contributed by atoms with E-state index in [0.717, 1.165) is 30.3 Å². The average Bonchev–Trinajstić information content (AvgIpc) is 3.09. The molecule has 3 rings (SSSR count). The van der Waals surface area contributed by atoms with Crippen LogP contribution in [0.2, 0.25) is 0 Å². The Morgan fingerprint density at radius 3 is 3.00 bits per heavy atom. The molecule has 104 valence electrons. The van der Waals surface area contributed by atoms with Crippen LogP contribution in [-0.4, -0.2) is 40.0 Å². The lowest BCUT2D eigenvalue weighted by atomic mass is 10.2. The number of aryl methyl sites for hydroxylation is 1. The molecule has 1 unspecified atom stereocenters. The smallest absolute Gasteiger partial charge is 0.271 e. The first-order chi connectivity index (χ1) is 9.72. The van der Waals surface area contributed by atoms with Gasteiger partial charge >= 0.3 is 0 Å². The highest BCUT2D eigenvalue weighted by Crippen LogP contribution is 2.22. The van der Waals surface area contributed by atoms with Crippen LogP contribution in [0, 0.1) is 6.92 Å². The quantitative estimate of drug-likeness (QED) is 0.921. The Morgan fingerprint density at radius 1 is 1.40 bits per heavy atom. The zero-order chi connectivity index (χ0) is 13.9. The van der Waals surface area contributed by atoms with Gasteiger partial charge in [0.05, 0.1) is 11.9 Å². The number of nitrogens with zero attached hydrogens (tertiary/aromatic N) is 4. The summed E-state index contributed by atoms with van der Waals surface area (Å²) >= 11 is 1.62. The van der Waals surface area contributed by atoms with Gasteiger partial charge in [0.15, 0.2) is 5.13 Å². The zero-order valence-corrected chi connectivity index (χ0v) is 11.9. The molecule has 2 aromatic rings. The van der Waals surface area contributed by atoms with Crippen LogP contribution < -0.4 is 10.2 Å². The standard InChI is InChI=1S/C13H15N5OS/c1-9-6-16-11(7-15-9)12(19)17-10-2-4-18(8-10)13-14-3-5-20-13/h3,5-7,10H,2,4,8H2,1H3,(H,17,19). The fourth-order valence-electron chi connectivity index (χ4n) is 2.19. The molecule has 0 bridgehead atoms. The normalized spacial score (nSPS) is 18.2. The Balaban J connectivity index is 1.59. The molecule has 3 heterocycles. The number of carbonyl (C=O) groups excluding carboxylic acids is 1. The molecule has 20 heavy (non-hydrogen) atoms. The minimum absolute atomic E-state index is 0.134. The Bertz CT molecular complexity index is 583.